The molecule has 0 aliphatic rings. The zero-order valence-electron chi connectivity index (χ0n) is 10.8. The van der Waals surface area contributed by atoms with E-state index in [4.69, 9.17) is 16.3 Å². The first-order chi connectivity index (χ1) is 9.78. The van der Waals surface area contributed by atoms with Crippen molar-refractivity contribution in [3.63, 3.8) is 0 Å². The number of rotatable bonds is 1. The number of hydrogen-bond donors (Lipinski definition) is 1. The maximum Gasteiger partial charge on any atom is 0.119 e. The summed E-state index contributed by atoms with van der Waals surface area (Å²) in [6.07, 6.45) is 1.86. The van der Waals surface area contributed by atoms with Gasteiger partial charge in [0.25, 0.3) is 0 Å². The fraction of sp³-hybridized carbons (Fsp3) is 0.0625. The van der Waals surface area contributed by atoms with Crippen LogP contribution < -0.4 is 4.74 Å². The standard InChI is InChI=1S/C16H11ClN2O/c1-20-9-5-6-14-11(7-9)12-8-18-16-10(15(12)19-14)3-2-4-13(16)17/h2-8,19H,1H3. The Balaban J connectivity index is 2.21. The number of aromatic amines is 1. The van der Waals surface area contributed by atoms with Gasteiger partial charge in [0.1, 0.15) is 5.75 Å². The number of benzene rings is 2. The minimum atomic E-state index is 0.667. The van der Waals surface area contributed by atoms with Gasteiger partial charge in [-0.3, -0.25) is 4.98 Å². The van der Waals surface area contributed by atoms with Crippen LogP contribution in [-0.4, -0.2) is 17.1 Å². The van der Waals surface area contributed by atoms with Gasteiger partial charge >= 0.3 is 0 Å². The number of pyridine rings is 1. The Morgan fingerprint density at radius 2 is 2.00 bits per heavy atom. The van der Waals surface area contributed by atoms with Crippen molar-refractivity contribution < 1.29 is 4.74 Å². The minimum Gasteiger partial charge on any atom is -0.497 e. The summed E-state index contributed by atoms with van der Waals surface area (Å²) in [4.78, 5) is 7.94. The average molecular weight is 283 g/mol. The molecule has 0 saturated heterocycles. The van der Waals surface area contributed by atoms with E-state index in [1.165, 1.54) is 0 Å². The molecule has 0 radical (unpaired) electrons. The predicted molar refractivity (Wildman–Crippen MR) is 82.7 cm³/mol. The highest BCUT2D eigenvalue weighted by Gasteiger charge is 2.10. The molecule has 4 aromatic rings. The first-order valence-electron chi connectivity index (χ1n) is 6.30. The van der Waals surface area contributed by atoms with Gasteiger partial charge < -0.3 is 9.72 Å². The molecule has 0 bridgehead atoms. The highest BCUT2D eigenvalue weighted by atomic mass is 35.5. The van der Waals surface area contributed by atoms with Crippen molar-refractivity contribution in [2.75, 3.05) is 7.11 Å². The Bertz CT molecular complexity index is 959. The van der Waals surface area contributed by atoms with Gasteiger partial charge in [0.15, 0.2) is 0 Å². The first-order valence-corrected chi connectivity index (χ1v) is 6.68. The number of aromatic nitrogens is 2. The van der Waals surface area contributed by atoms with E-state index < -0.39 is 0 Å². The van der Waals surface area contributed by atoms with Crippen LogP contribution >= 0.6 is 11.6 Å². The molecule has 0 aliphatic carbocycles. The molecule has 0 atom stereocenters. The summed E-state index contributed by atoms with van der Waals surface area (Å²) in [6, 6.07) is 11.8. The van der Waals surface area contributed by atoms with Gasteiger partial charge in [0.2, 0.25) is 0 Å². The largest absolute Gasteiger partial charge is 0.497 e. The topological polar surface area (TPSA) is 37.9 Å². The second-order valence-corrected chi connectivity index (χ2v) is 5.13. The molecule has 2 aromatic carbocycles. The van der Waals surface area contributed by atoms with Crippen LogP contribution in [0, 0.1) is 0 Å². The van der Waals surface area contributed by atoms with Gasteiger partial charge in [-0.2, -0.15) is 0 Å². The van der Waals surface area contributed by atoms with Crippen molar-refractivity contribution in [3.8, 4) is 5.75 Å². The maximum atomic E-state index is 6.21. The van der Waals surface area contributed by atoms with Crippen LogP contribution in [-0.2, 0) is 0 Å². The van der Waals surface area contributed by atoms with E-state index in [9.17, 15) is 0 Å². The van der Waals surface area contributed by atoms with Gasteiger partial charge in [-0.15, -0.1) is 0 Å². The van der Waals surface area contributed by atoms with Gasteiger partial charge in [0.05, 0.1) is 23.2 Å². The summed E-state index contributed by atoms with van der Waals surface area (Å²) in [5.41, 5.74) is 2.94. The molecule has 20 heavy (non-hydrogen) atoms. The third-order valence-electron chi connectivity index (χ3n) is 3.62. The van der Waals surface area contributed by atoms with Gasteiger partial charge in [-0.25, -0.2) is 0 Å². The quantitative estimate of drug-likeness (QED) is 0.557. The number of nitrogens with one attached hydrogen (secondary N) is 1. The molecule has 4 rings (SSSR count). The van der Waals surface area contributed by atoms with E-state index in [1.807, 2.05) is 42.6 Å². The molecular formula is C16H11ClN2O. The van der Waals surface area contributed by atoms with Crippen molar-refractivity contribution in [2.24, 2.45) is 0 Å². The van der Waals surface area contributed by atoms with Crippen LogP contribution in [0.4, 0.5) is 0 Å². The van der Waals surface area contributed by atoms with Gasteiger partial charge in [0, 0.05) is 27.9 Å². The molecule has 0 aliphatic heterocycles. The number of fused-ring (bicyclic) bond motifs is 5. The summed E-state index contributed by atoms with van der Waals surface area (Å²) in [7, 11) is 1.67. The predicted octanol–water partition coefficient (Wildman–Crippen LogP) is 4.53. The minimum absolute atomic E-state index is 0.667. The summed E-state index contributed by atoms with van der Waals surface area (Å²) < 4.78 is 5.29. The van der Waals surface area contributed by atoms with Crippen molar-refractivity contribution >= 4 is 44.3 Å². The van der Waals surface area contributed by atoms with Crippen LogP contribution in [0.5, 0.6) is 5.75 Å². The molecule has 0 spiro atoms. The van der Waals surface area contributed by atoms with Crippen LogP contribution in [0.3, 0.4) is 0 Å². The lowest BCUT2D eigenvalue weighted by atomic mass is 10.1. The summed E-state index contributed by atoms with van der Waals surface area (Å²) in [5, 5.41) is 3.88. The Kier molecular flexibility index (Phi) is 2.38. The van der Waals surface area contributed by atoms with E-state index in [1.54, 1.807) is 7.11 Å². The number of halogens is 1. The lowest BCUT2D eigenvalue weighted by molar-refractivity contribution is 0.415. The smallest absolute Gasteiger partial charge is 0.119 e. The third kappa shape index (κ3) is 1.50. The molecule has 1 N–H and O–H groups in total. The van der Waals surface area contributed by atoms with Crippen molar-refractivity contribution in [3.05, 3.63) is 47.6 Å². The molecule has 0 amide bonds. The normalized spacial score (nSPS) is 11.5. The number of para-hydroxylation sites is 1. The molecular weight excluding hydrogens is 272 g/mol. The Labute approximate surface area is 120 Å². The van der Waals surface area contributed by atoms with Crippen molar-refractivity contribution in [1.29, 1.82) is 0 Å². The number of ether oxygens (including phenoxy) is 1. The van der Waals surface area contributed by atoms with E-state index in [0.29, 0.717) is 5.02 Å². The fourth-order valence-corrected chi connectivity index (χ4v) is 2.87. The molecule has 2 aromatic heterocycles. The summed E-state index contributed by atoms with van der Waals surface area (Å²) in [5.74, 6) is 0.838. The Morgan fingerprint density at radius 3 is 2.85 bits per heavy atom. The Morgan fingerprint density at radius 1 is 1.10 bits per heavy atom. The molecule has 98 valence electrons. The fourth-order valence-electron chi connectivity index (χ4n) is 2.64. The molecule has 2 heterocycles. The second-order valence-electron chi connectivity index (χ2n) is 4.72. The molecule has 0 unspecified atom stereocenters. The zero-order valence-corrected chi connectivity index (χ0v) is 11.5. The van der Waals surface area contributed by atoms with Crippen molar-refractivity contribution in [1.82, 2.24) is 9.97 Å². The van der Waals surface area contributed by atoms with Crippen LogP contribution in [0.25, 0.3) is 32.7 Å². The molecule has 3 nitrogen and oxygen atoms in total. The molecule has 4 heteroatoms. The van der Waals surface area contributed by atoms with E-state index >= 15 is 0 Å². The van der Waals surface area contributed by atoms with Crippen LogP contribution in [0.2, 0.25) is 5.02 Å². The molecule has 0 saturated carbocycles. The number of methoxy groups -OCH3 is 1. The van der Waals surface area contributed by atoms with Gasteiger partial charge in [-0.05, 0) is 24.3 Å². The highest BCUT2D eigenvalue weighted by molar-refractivity contribution is 6.36. The number of nitrogens with zero attached hydrogens (tertiary/aromatic N) is 1. The monoisotopic (exact) mass is 282 g/mol. The Hall–Kier alpha value is -2.26. The van der Waals surface area contributed by atoms with Gasteiger partial charge in [-0.1, -0.05) is 23.7 Å². The second kappa shape index (κ2) is 4.12. The number of hydrogen-bond acceptors (Lipinski definition) is 2. The van der Waals surface area contributed by atoms with E-state index in [0.717, 1.165) is 38.5 Å². The molecule has 0 fully saturated rings. The highest BCUT2D eigenvalue weighted by Crippen LogP contribution is 2.33. The van der Waals surface area contributed by atoms with E-state index in [-0.39, 0.29) is 0 Å². The van der Waals surface area contributed by atoms with Crippen LogP contribution in [0.1, 0.15) is 0 Å². The zero-order chi connectivity index (χ0) is 13.7. The first kappa shape index (κ1) is 11.6. The maximum absolute atomic E-state index is 6.21. The third-order valence-corrected chi connectivity index (χ3v) is 3.93. The lowest BCUT2D eigenvalue weighted by Gasteiger charge is -2.01. The summed E-state index contributed by atoms with van der Waals surface area (Å²) in [6.45, 7) is 0. The van der Waals surface area contributed by atoms with Crippen molar-refractivity contribution in [2.45, 2.75) is 0 Å². The van der Waals surface area contributed by atoms with Crippen LogP contribution in [0.15, 0.2) is 42.6 Å². The summed E-state index contributed by atoms with van der Waals surface area (Å²) >= 11 is 6.21. The average Bonchev–Trinajstić information content (AvgIpc) is 2.85. The SMILES string of the molecule is COc1ccc2[nH]c3c4cccc(Cl)c4ncc3c2c1. The number of H-pyrrole nitrogens is 1. The lowest BCUT2D eigenvalue weighted by Crippen LogP contribution is -1.82. The van der Waals surface area contributed by atoms with E-state index in [2.05, 4.69) is 9.97 Å².